The van der Waals surface area contributed by atoms with Crippen LogP contribution in [0.2, 0.25) is 0 Å². The van der Waals surface area contributed by atoms with Crippen LogP contribution in [0.5, 0.6) is 0 Å². The Morgan fingerprint density at radius 2 is 1.74 bits per heavy atom. The van der Waals surface area contributed by atoms with Crippen LogP contribution in [0.3, 0.4) is 0 Å². The van der Waals surface area contributed by atoms with Gasteiger partial charge >= 0.3 is 11.9 Å². The van der Waals surface area contributed by atoms with Crippen molar-refractivity contribution in [2.75, 3.05) is 7.11 Å². The van der Waals surface area contributed by atoms with E-state index in [1.165, 1.54) is 7.11 Å². The van der Waals surface area contributed by atoms with Gasteiger partial charge in [-0.1, -0.05) is 13.8 Å². The van der Waals surface area contributed by atoms with Gasteiger partial charge in [-0.05, 0) is 39.5 Å². The van der Waals surface area contributed by atoms with E-state index >= 15 is 0 Å². The van der Waals surface area contributed by atoms with Gasteiger partial charge in [0.05, 0.1) is 7.11 Å². The molecule has 0 fully saturated rings. The van der Waals surface area contributed by atoms with Gasteiger partial charge in [0.15, 0.2) is 0 Å². The summed E-state index contributed by atoms with van der Waals surface area (Å²) in [7, 11) is 1.19. The van der Waals surface area contributed by atoms with E-state index in [9.17, 15) is 19.5 Å². The molecule has 0 aromatic heterocycles. The second-order valence-electron chi connectivity index (χ2n) is 6.85. The number of nitrogens with one attached hydrogen (secondary N) is 1. The van der Waals surface area contributed by atoms with Crippen LogP contribution in [-0.4, -0.2) is 47.8 Å². The first-order valence-corrected chi connectivity index (χ1v) is 7.74. The maximum absolute atomic E-state index is 11.9. The van der Waals surface area contributed by atoms with Crippen molar-refractivity contribution in [1.29, 1.82) is 0 Å². The molecule has 0 spiro atoms. The normalized spacial score (nSPS) is 14.1. The molecule has 7 heteroatoms. The summed E-state index contributed by atoms with van der Waals surface area (Å²) in [5.74, 6) is -1.66. The molecule has 0 unspecified atom stereocenters. The Labute approximate surface area is 137 Å². The van der Waals surface area contributed by atoms with Gasteiger partial charge in [-0.25, -0.2) is 4.79 Å². The van der Waals surface area contributed by atoms with Crippen LogP contribution in [0.1, 0.15) is 53.9 Å². The van der Waals surface area contributed by atoms with Crippen molar-refractivity contribution in [3.05, 3.63) is 0 Å². The third-order valence-electron chi connectivity index (χ3n) is 2.86. The van der Waals surface area contributed by atoms with Crippen molar-refractivity contribution >= 4 is 17.8 Å². The van der Waals surface area contributed by atoms with Gasteiger partial charge in [-0.2, -0.15) is 0 Å². The Morgan fingerprint density at radius 3 is 2.17 bits per heavy atom. The van der Waals surface area contributed by atoms with Crippen molar-refractivity contribution in [3.8, 4) is 0 Å². The molecule has 134 valence electrons. The molecule has 1 amide bonds. The molecule has 0 bridgehead atoms. The summed E-state index contributed by atoms with van der Waals surface area (Å²) in [6.45, 7) is 8.97. The number of hydrogen-bond donors (Lipinski definition) is 2. The largest absolute Gasteiger partial charge is 0.467 e. The highest BCUT2D eigenvalue weighted by atomic mass is 16.6. The number of aliphatic hydroxyl groups is 1. The molecule has 0 radical (unpaired) electrons. The van der Waals surface area contributed by atoms with E-state index in [4.69, 9.17) is 4.74 Å². The summed E-state index contributed by atoms with van der Waals surface area (Å²) in [5.41, 5.74) is -0.617. The minimum absolute atomic E-state index is 0.0434. The maximum atomic E-state index is 11.9. The Morgan fingerprint density at radius 1 is 1.17 bits per heavy atom. The molecular weight excluding hydrogens is 302 g/mol. The number of rotatable bonds is 8. The molecule has 0 aliphatic carbocycles. The monoisotopic (exact) mass is 331 g/mol. The molecule has 2 N–H and O–H groups in total. The molecule has 0 aromatic carbocycles. The fourth-order valence-corrected chi connectivity index (χ4v) is 1.87. The second kappa shape index (κ2) is 9.50. The van der Waals surface area contributed by atoms with Gasteiger partial charge in [-0.15, -0.1) is 0 Å². The minimum atomic E-state index is -1.20. The number of aliphatic hydroxyl groups excluding tert-OH is 1. The van der Waals surface area contributed by atoms with Gasteiger partial charge < -0.3 is 19.9 Å². The number of methoxy groups -OCH3 is 1. The third-order valence-corrected chi connectivity index (χ3v) is 2.86. The first kappa shape index (κ1) is 21.4. The lowest BCUT2D eigenvalue weighted by Crippen LogP contribution is -2.46. The third kappa shape index (κ3) is 9.89. The van der Waals surface area contributed by atoms with Gasteiger partial charge in [-0.3, -0.25) is 9.59 Å². The predicted molar refractivity (Wildman–Crippen MR) is 84.5 cm³/mol. The summed E-state index contributed by atoms with van der Waals surface area (Å²) < 4.78 is 9.77. The number of ether oxygens (including phenoxy) is 2. The molecule has 7 nitrogen and oxygen atoms in total. The van der Waals surface area contributed by atoms with Crippen LogP contribution in [0, 0.1) is 5.92 Å². The lowest BCUT2D eigenvalue weighted by atomic mass is 10.0. The quantitative estimate of drug-likeness (QED) is 0.647. The van der Waals surface area contributed by atoms with Crippen molar-refractivity contribution in [2.24, 2.45) is 5.92 Å². The Balaban J connectivity index is 4.62. The summed E-state index contributed by atoms with van der Waals surface area (Å²) in [5, 5.41) is 12.2. The first-order chi connectivity index (χ1) is 10.5. The van der Waals surface area contributed by atoms with Crippen molar-refractivity contribution < 1.29 is 29.0 Å². The molecule has 23 heavy (non-hydrogen) atoms. The van der Waals surface area contributed by atoms with E-state index in [1.54, 1.807) is 20.8 Å². The average molecular weight is 331 g/mol. The number of carbonyl (C=O) groups excluding carboxylic acids is 3. The van der Waals surface area contributed by atoms with Crippen LogP contribution in [0.25, 0.3) is 0 Å². The van der Waals surface area contributed by atoms with Crippen LogP contribution in [0.4, 0.5) is 0 Å². The predicted octanol–water partition coefficient (Wildman–Crippen LogP) is 1.17. The van der Waals surface area contributed by atoms with Crippen molar-refractivity contribution in [3.63, 3.8) is 0 Å². The Hall–Kier alpha value is -1.63. The molecule has 0 heterocycles. The highest BCUT2D eigenvalue weighted by Crippen LogP contribution is 2.11. The highest BCUT2D eigenvalue weighted by Gasteiger charge is 2.27. The Bertz CT molecular complexity index is 413. The van der Waals surface area contributed by atoms with Crippen LogP contribution < -0.4 is 5.32 Å². The van der Waals surface area contributed by atoms with E-state index in [-0.39, 0.29) is 25.2 Å². The molecule has 0 aromatic rings. The SMILES string of the molecule is COC(=O)[C@H](CCC(=O)OC(C)(C)C)NC(=O)[C@@H](O)CC(C)C. The summed E-state index contributed by atoms with van der Waals surface area (Å²) in [6, 6.07) is -0.998. The molecule has 0 saturated heterocycles. The molecule has 0 rings (SSSR count). The molecule has 0 aliphatic rings. The zero-order valence-electron chi connectivity index (χ0n) is 14.8. The fraction of sp³-hybridized carbons (Fsp3) is 0.812. The van der Waals surface area contributed by atoms with Crippen molar-refractivity contribution in [1.82, 2.24) is 5.32 Å². The lowest BCUT2D eigenvalue weighted by molar-refractivity contribution is -0.155. The smallest absolute Gasteiger partial charge is 0.328 e. The van der Waals surface area contributed by atoms with E-state index in [1.807, 2.05) is 13.8 Å². The van der Waals surface area contributed by atoms with Crippen LogP contribution in [0.15, 0.2) is 0 Å². The highest BCUT2D eigenvalue weighted by molar-refractivity contribution is 5.87. The fourth-order valence-electron chi connectivity index (χ4n) is 1.87. The standard InChI is InChI=1S/C16H29NO6/c1-10(2)9-12(18)14(20)17-11(15(21)22-6)7-8-13(19)23-16(3,4)5/h10-12,18H,7-9H2,1-6H3,(H,17,20)/t11-,12-/m0/s1. The topological polar surface area (TPSA) is 102 Å². The number of amides is 1. The van der Waals surface area contributed by atoms with E-state index in [0.717, 1.165) is 0 Å². The van der Waals surface area contributed by atoms with Gasteiger partial charge in [0.2, 0.25) is 5.91 Å². The second-order valence-corrected chi connectivity index (χ2v) is 6.85. The van der Waals surface area contributed by atoms with Gasteiger partial charge in [0.1, 0.15) is 17.7 Å². The lowest BCUT2D eigenvalue weighted by Gasteiger charge is -2.21. The summed E-state index contributed by atoms with van der Waals surface area (Å²) >= 11 is 0. The molecule has 0 aliphatic heterocycles. The van der Waals surface area contributed by atoms with Gasteiger partial charge in [0, 0.05) is 6.42 Å². The molecule has 2 atom stereocenters. The van der Waals surface area contributed by atoms with E-state index in [2.05, 4.69) is 10.1 Å². The molecule has 0 saturated carbocycles. The summed E-state index contributed by atoms with van der Waals surface area (Å²) in [6.07, 6.45) is -0.922. The summed E-state index contributed by atoms with van der Waals surface area (Å²) in [4.78, 5) is 35.3. The zero-order valence-corrected chi connectivity index (χ0v) is 14.8. The van der Waals surface area contributed by atoms with Crippen molar-refractivity contribution in [2.45, 2.75) is 71.6 Å². The first-order valence-electron chi connectivity index (χ1n) is 7.74. The Kier molecular flexibility index (Phi) is 8.82. The number of esters is 2. The number of carbonyl (C=O) groups is 3. The zero-order chi connectivity index (χ0) is 18.2. The van der Waals surface area contributed by atoms with E-state index in [0.29, 0.717) is 0 Å². The maximum Gasteiger partial charge on any atom is 0.328 e. The van der Waals surface area contributed by atoms with E-state index < -0.39 is 35.6 Å². The minimum Gasteiger partial charge on any atom is -0.467 e. The number of hydrogen-bond acceptors (Lipinski definition) is 6. The van der Waals surface area contributed by atoms with Gasteiger partial charge in [0.25, 0.3) is 0 Å². The molecular formula is C16H29NO6. The van der Waals surface area contributed by atoms with Crippen LogP contribution >= 0.6 is 0 Å². The van der Waals surface area contributed by atoms with Crippen LogP contribution in [-0.2, 0) is 23.9 Å². The average Bonchev–Trinajstić information content (AvgIpc) is 2.39.